The predicted octanol–water partition coefficient (Wildman–Crippen LogP) is 0.710. The van der Waals surface area contributed by atoms with E-state index in [4.69, 9.17) is 22.8 Å². The van der Waals surface area contributed by atoms with Crippen LogP contribution in [0.5, 0.6) is 0 Å². The first-order chi connectivity index (χ1) is 4.86. The van der Waals surface area contributed by atoms with Gasteiger partial charge in [0, 0.05) is 5.92 Å². The molecule has 0 amide bonds. The molecule has 10 heavy (non-hydrogen) atoms. The number of terminal acetylenes is 1. The standard InChI is InChI=1S/C8H10O2/c1-3-7-5-9-8(4-2)10-6-7/h1-2,7-8H,3,5-6H2. The Hall–Kier alpha value is -0.520. The molecule has 0 aromatic rings. The van der Waals surface area contributed by atoms with Crippen molar-refractivity contribution in [1.29, 1.82) is 0 Å². The van der Waals surface area contributed by atoms with Crippen molar-refractivity contribution in [2.24, 2.45) is 5.92 Å². The largest absolute Gasteiger partial charge is 0.342 e. The molecule has 0 N–H and O–H groups in total. The first-order valence-corrected chi connectivity index (χ1v) is 3.26. The SMILES string of the molecule is [CH]CC1COC(C#C)OC1. The van der Waals surface area contributed by atoms with Crippen molar-refractivity contribution in [2.75, 3.05) is 13.2 Å². The lowest BCUT2D eigenvalue weighted by Gasteiger charge is -2.25. The van der Waals surface area contributed by atoms with Crippen LogP contribution < -0.4 is 0 Å². The van der Waals surface area contributed by atoms with Crippen molar-refractivity contribution in [1.82, 2.24) is 0 Å². The second-order valence-electron chi connectivity index (χ2n) is 2.27. The van der Waals surface area contributed by atoms with Crippen LogP contribution in [0, 0.1) is 25.2 Å². The van der Waals surface area contributed by atoms with Gasteiger partial charge in [-0.3, -0.25) is 0 Å². The molecule has 0 saturated carbocycles. The quantitative estimate of drug-likeness (QED) is 0.497. The molecule has 0 bridgehead atoms. The van der Waals surface area contributed by atoms with Crippen molar-refractivity contribution < 1.29 is 9.47 Å². The number of hydrogen-bond donors (Lipinski definition) is 0. The normalized spacial score (nSPS) is 33.2. The molecule has 2 radical (unpaired) electrons. The number of ether oxygens (including phenoxy) is 2. The van der Waals surface area contributed by atoms with Crippen molar-refractivity contribution >= 4 is 0 Å². The van der Waals surface area contributed by atoms with Gasteiger partial charge < -0.3 is 9.47 Å². The molecule has 0 spiro atoms. The maximum atomic E-state index is 5.38. The maximum absolute atomic E-state index is 5.38. The summed E-state index contributed by atoms with van der Waals surface area (Å²) in [5.74, 6) is 2.67. The molecule has 1 rings (SSSR count). The molecule has 0 aliphatic carbocycles. The fraction of sp³-hybridized carbons (Fsp3) is 0.625. The molecule has 1 heterocycles. The molecule has 1 saturated heterocycles. The summed E-state index contributed by atoms with van der Waals surface area (Å²) < 4.78 is 10.2. The van der Waals surface area contributed by atoms with Crippen molar-refractivity contribution in [3.63, 3.8) is 0 Å². The molecule has 0 aromatic carbocycles. The van der Waals surface area contributed by atoms with E-state index in [0.29, 0.717) is 25.6 Å². The van der Waals surface area contributed by atoms with E-state index in [1.54, 1.807) is 0 Å². The van der Waals surface area contributed by atoms with Gasteiger partial charge in [-0.1, -0.05) is 0 Å². The summed E-state index contributed by atoms with van der Waals surface area (Å²) in [5.41, 5.74) is 0. The fourth-order valence-corrected chi connectivity index (χ4v) is 0.775. The Morgan fingerprint density at radius 2 is 2.00 bits per heavy atom. The van der Waals surface area contributed by atoms with Gasteiger partial charge in [0.25, 0.3) is 0 Å². The zero-order chi connectivity index (χ0) is 7.40. The summed E-state index contributed by atoms with van der Waals surface area (Å²) in [6.07, 6.45) is 5.20. The topological polar surface area (TPSA) is 18.5 Å². The van der Waals surface area contributed by atoms with Gasteiger partial charge in [-0.15, -0.1) is 6.42 Å². The highest BCUT2D eigenvalue weighted by atomic mass is 16.7. The molecule has 1 aliphatic rings. The van der Waals surface area contributed by atoms with Gasteiger partial charge in [0.1, 0.15) is 0 Å². The van der Waals surface area contributed by atoms with E-state index in [9.17, 15) is 0 Å². The summed E-state index contributed by atoms with van der Waals surface area (Å²) in [5, 5.41) is 0. The van der Waals surface area contributed by atoms with E-state index in [2.05, 4.69) is 5.92 Å². The minimum atomic E-state index is -0.456. The van der Waals surface area contributed by atoms with Gasteiger partial charge in [0.2, 0.25) is 6.29 Å². The van der Waals surface area contributed by atoms with Gasteiger partial charge in [-0.25, -0.2) is 0 Å². The van der Waals surface area contributed by atoms with Gasteiger partial charge in [-0.2, -0.15) is 0 Å². The monoisotopic (exact) mass is 138 g/mol. The molecular formula is C8H10O2. The lowest BCUT2D eigenvalue weighted by Crippen LogP contribution is -2.30. The Kier molecular flexibility index (Phi) is 2.73. The molecule has 1 fully saturated rings. The molecule has 2 nitrogen and oxygen atoms in total. The van der Waals surface area contributed by atoms with Crippen LogP contribution in [0.15, 0.2) is 0 Å². The van der Waals surface area contributed by atoms with Crippen LogP contribution in [-0.2, 0) is 9.47 Å². The molecule has 0 unspecified atom stereocenters. The Bertz CT molecular complexity index is 129. The predicted molar refractivity (Wildman–Crippen MR) is 36.9 cm³/mol. The summed E-state index contributed by atoms with van der Waals surface area (Å²) in [6, 6.07) is 0. The summed E-state index contributed by atoms with van der Waals surface area (Å²) in [4.78, 5) is 0. The fourth-order valence-electron chi connectivity index (χ4n) is 0.775. The Balaban J connectivity index is 2.25. The summed E-state index contributed by atoms with van der Waals surface area (Å²) >= 11 is 0. The number of hydrogen-bond acceptors (Lipinski definition) is 2. The van der Waals surface area contributed by atoms with E-state index in [1.165, 1.54) is 0 Å². The third-order valence-electron chi connectivity index (χ3n) is 1.44. The molecular weight excluding hydrogens is 128 g/mol. The third-order valence-corrected chi connectivity index (χ3v) is 1.44. The van der Waals surface area contributed by atoms with E-state index < -0.39 is 6.29 Å². The Labute approximate surface area is 61.5 Å². The van der Waals surface area contributed by atoms with E-state index in [-0.39, 0.29) is 0 Å². The van der Waals surface area contributed by atoms with E-state index in [1.807, 2.05) is 0 Å². The van der Waals surface area contributed by atoms with Crippen molar-refractivity contribution in [3.05, 3.63) is 6.92 Å². The average molecular weight is 138 g/mol. The first-order valence-electron chi connectivity index (χ1n) is 3.26. The maximum Gasteiger partial charge on any atom is 0.222 e. The summed E-state index contributed by atoms with van der Waals surface area (Å²) in [7, 11) is 0. The van der Waals surface area contributed by atoms with Gasteiger partial charge in [-0.05, 0) is 19.3 Å². The molecule has 1 aliphatic heterocycles. The average Bonchev–Trinajstić information content (AvgIpc) is 2.05. The van der Waals surface area contributed by atoms with Gasteiger partial charge in [0.15, 0.2) is 0 Å². The second kappa shape index (κ2) is 3.60. The zero-order valence-electron chi connectivity index (χ0n) is 5.75. The van der Waals surface area contributed by atoms with Crippen LogP contribution in [0.2, 0.25) is 0 Å². The minimum Gasteiger partial charge on any atom is -0.342 e. The zero-order valence-corrected chi connectivity index (χ0v) is 5.75. The van der Waals surface area contributed by atoms with Crippen molar-refractivity contribution in [2.45, 2.75) is 12.7 Å². The second-order valence-corrected chi connectivity index (χ2v) is 2.27. The van der Waals surface area contributed by atoms with Crippen LogP contribution in [0.4, 0.5) is 0 Å². The van der Waals surface area contributed by atoms with Crippen LogP contribution in [0.25, 0.3) is 0 Å². The van der Waals surface area contributed by atoms with Gasteiger partial charge >= 0.3 is 0 Å². The molecule has 0 atom stereocenters. The van der Waals surface area contributed by atoms with Gasteiger partial charge in [0.05, 0.1) is 13.2 Å². The lowest BCUT2D eigenvalue weighted by molar-refractivity contribution is -0.168. The highest BCUT2D eigenvalue weighted by Crippen LogP contribution is 2.12. The minimum absolute atomic E-state index is 0.310. The molecule has 0 aromatic heterocycles. The van der Waals surface area contributed by atoms with Crippen LogP contribution in [0.1, 0.15) is 6.42 Å². The molecule has 54 valence electrons. The van der Waals surface area contributed by atoms with Crippen LogP contribution in [-0.4, -0.2) is 19.5 Å². The third kappa shape index (κ3) is 1.73. The lowest BCUT2D eigenvalue weighted by atomic mass is 10.1. The number of rotatable bonds is 1. The van der Waals surface area contributed by atoms with E-state index >= 15 is 0 Å². The van der Waals surface area contributed by atoms with Crippen LogP contribution in [0.3, 0.4) is 0 Å². The van der Waals surface area contributed by atoms with Crippen LogP contribution >= 0.6 is 0 Å². The Morgan fingerprint density at radius 3 is 2.40 bits per heavy atom. The van der Waals surface area contributed by atoms with Crippen molar-refractivity contribution in [3.8, 4) is 12.3 Å². The Morgan fingerprint density at radius 1 is 1.40 bits per heavy atom. The smallest absolute Gasteiger partial charge is 0.222 e. The molecule has 2 heteroatoms. The van der Waals surface area contributed by atoms with E-state index in [0.717, 1.165) is 0 Å². The highest BCUT2D eigenvalue weighted by Gasteiger charge is 2.18. The highest BCUT2D eigenvalue weighted by molar-refractivity contribution is 4.90. The summed E-state index contributed by atoms with van der Waals surface area (Å²) in [6.45, 7) is 6.61. The first kappa shape index (κ1) is 7.59.